The van der Waals surface area contributed by atoms with E-state index in [1.807, 2.05) is 32.2 Å². The number of benzene rings is 1. The summed E-state index contributed by atoms with van der Waals surface area (Å²) in [6.45, 7) is 3.98. The number of aromatic nitrogens is 1. The van der Waals surface area contributed by atoms with Crippen LogP contribution in [0, 0.1) is 5.82 Å². The lowest BCUT2D eigenvalue weighted by molar-refractivity contribution is 0.408. The second kappa shape index (κ2) is 6.48. The molecule has 0 saturated heterocycles. The molecule has 2 atom stereocenters. The summed E-state index contributed by atoms with van der Waals surface area (Å²) < 4.78 is 19.0. The molecule has 0 bridgehead atoms. The molecule has 0 amide bonds. The van der Waals surface area contributed by atoms with Crippen LogP contribution in [0.1, 0.15) is 37.1 Å². The summed E-state index contributed by atoms with van der Waals surface area (Å²) in [4.78, 5) is 4.10. The van der Waals surface area contributed by atoms with Crippen molar-refractivity contribution in [3.8, 4) is 5.75 Å². The molecular formula is C16H19FN2O. The standard InChI is InChI=1S/C16H19FN2O/c1-11(13-5-4-8-18-10-13)19-12(2)15-7-6-14(20-3)9-16(15)17/h4-12,19H,1-3H3. The van der Waals surface area contributed by atoms with Crippen molar-refractivity contribution in [3.05, 3.63) is 59.7 Å². The fourth-order valence-electron chi connectivity index (χ4n) is 2.18. The zero-order valence-electron chi connectivity index (χ0n) is 11.9. The SMILES string of the molecule is COc1ccc(C(C)NC(C)c2cccnc2)c(F)c1. The zero-order valence-corrected chi connectivity index (χ0v) is 11.9. The van der Waals surface area contributed by atoms with Crippen LogP contribution in [0.15, 0.2) is 42.7 Å². The van der Waals surface area contributed by atoms with Crippen molar-refractivity contribution in [1.29, 1.82) is 0 Å². The fourth-order valence-corrected chi connectivity index (χ4v) is 2.18. The highest BCUT2D eigenvalue weighted by molar-refractivity contribution is 5.30. The molecule has 106 valence electrons. The van der Waals surface area contributed by atoms with Crippen LogP contribution in [0.4, 0.5) is 4.39 Å². The molecule has 4 heteroatoms. The van der Waals surface area contributed by atoms with Crippen molar-refractivity contribution in [1.82, 2.24) is 10.3 Å². The number of ether oxygens (including phenoxy) is 1. The van der Waals surface area contributed by atoms with Gasteiger partial charge in [0.15, 0.2) is 0 Å². The second-order valence-corrected chi connectivity index (χ2v) is 4.78. The van der Waals surface area contributed by atoms with Crippen LogP contribution in [0.2, 0.25) is 0 Å². The third-order valence-corrected chi connectivity index (χ3v) is 3.36. The number of nitrogens with one attached hydrogen (secondary N) is 1. The lowest BCUT2D eigenvalue weighted by Crippen LogP contribution is -2.23. The molecule has 1 N–H and O–H groups in total. The summed E-state index contributed by atoms with van der Waals surface area (Å²) in [6.07, 6.45) is 3.55. The number of halogens is 1. The van der Waals surface area contributed by atoms with Crippen LogP contribution >= 0.6 is 0 Å². The highest BCUT2D eigenvalue weighted by Crippen LogP contribution is 2.24. The molecule has 20 heavy (non-hydrogen) atoms. The monoisotopic (exact) mass is 274 g/mol. The molecule has 1 heterocycles. The van der Waals surface area contributed by atoms with E-state index in [4.69, 9.17) is 4.74 Å². The number of methoxy groups -OCH3 is 1. The summed E-state index contributed by atoms with van der Waals surface area (Å²) in [5.74, 6) is 0.265. The van der Waals surface area contributed by atoms with E-state index in [0.717, 1.165) is 5.56 Å². The second-order valence-electron chi connectivity index (χ2n) is 4.78. The normalized spacial score (nSPS) is 13.8. The van der Waals surface area contributed by atoms with E-state index >= 15 is 0 Å². The molecule has 0 spiro atoms. The van der Waals surface area contributed by atoms with Gasteiger partial charge in [-0.25, -0.2) is 4.39 Å². The first-order chi connectivity index (χ1) is 9.61. The van der Waals surface area contributed by atoms with Crippen LogP contribution in [-0.2, 0) is 0 Å². The smallest absolute Gasteiger partial charge is 0.131 e. The Hall–Kier alpha value is -1.94. The van der Waals surface area contributed by atoms with Gasteiger partial charge in [0.25, 0.3) is 0 Å². The molecule has 2 rings (SSSR count). The lowest BCUT2D eigenvalue weighted by atomic mass is 10.0. The van der Waals surface area contributed by atoms with E-state index in [1.165, 1.54) is 13.2 Å². The highest BCUT2D eigenvalue weighted by Gasteiger charge is 2.15. The first-order valence-electron chi connectivity index (χ1n) is 6.61. The number of pyridine rings is 1. The van der Waals surface area contributed by atoms with E-state index in [0.29, 0.717) is 11.3 Å². The van der Waals surface area contributed by atoms with Gasteiger partial charge in [0.05, 0.1) is 7.11 Å². The van der Waals surface area contributed by atoms with Crippen molar-refractivity contribution in [2.75, 3.05) is 7.11 Å². The molecule has 2 aromatic rings. The summed E-state index contributed by atoms with van der Waals surface area (Å²) in [6, 6.07) is 8.82. The average molecular weight is 274 g/mol. The number of hydrogen-bond donors (Lipinski definition) is 1. The summed E-state index contributed by atoms with van der Waals surface area (Å²) in [5, 5.41) is 3.37. The molecule has 3 nitrogen and oxygen atoms in total. The van der Waals surface area contributed by atoms with E-state index in [9.17, 15) is 4.39 Å². The minimum absolute atomic E-state index is 0.0974. The van der Waals surface area contributed by atoms with Gasteiger partial charge >= 0.3 is 0 Å². The van der Waals surface area contributed by atoms with Gasteiger partial charge in [-0.3, -0.25) is 4.98 Å². The molecule has 0 aliphatic rings. The Kier molecular flexibility index (Phi) is 4.69. The third kappa shape index (κ3) is 3.33. The van der Waals surface area contributed by atoms with Gasteiger partial charge in [0.1, 0.15) is 11.6 Å². The number of rotatable bonds is 5. The molecule has 2 unspecified atom stereocenters. The first-order valence-corrected chi connectivity index (χ1v) is 6.61. The number of hydrogen-bond acceptors (Lipinski definition) is 3. The predicted molar refractivity (Wildman–Crippen MR) is 77.2 cm³/mol. The van der Waals surface area contributed by atoms with Gasteiger partial charge in [-0.2, -0.15) is 0 Å². The average Bonchev–Trinajstić information content (AvgIpc) is 2.47. The molecule has 0 fully saturated rings. The van der Waals surface area contributed by atoms with Crippen LogP contribution in [0.3, 0.4) is 0 Å². The van der Waals surface area contributed by atoms with Crippen molar-refractivity contribution >= 4 is 0 Å². The fraction of sp³-hybridized carbons (Fsp3) is 0.312. The quantitative estimate of drug-likeness (QED) is 0.903. The maximum atomic E-state index is 14.0. The van der Waals surface area contributed by atoms with Gasteiger partial charge in [-0.15, -0.1) is 0 Å². The molecule has 1 aromatic carbocycles. The third-order valence-electron chi connectivity index (χ3n) is 3.36. The van der Waals surface area contributed by atoms with E-state index < -0.39 is 0 Å². The van der Waals surface area contributed by atoms with Crippen molar-refractivity contribution in [2.24, 2.45) is 0 Å². The van der Waals surface area contributed by atoms with Gasteiger partial charge < -0.3 is 10.1 Å². The molecular weight excluding hydrogens is 255 g/mol. The molecule has 0 aliphatic heterocycles. The highest BCUT2D eigenvalue weighted by atomic mass is 19.1. The maximum Gasteiger partial charge on any atom is 0.131 e. The number of nitrogens with zero attached hydrogens (tertiary/aromatic N) is 1. The minimum atomic E-state index is -0.261. The van der Waals surface area contributed by atoms with Crippen LogP contribution in [0.5, 0.6) is 5.75 Å². The summed E-state index contributed by atoms with van der Waals surface area (Å²) >= 11 is 0. The Bertz CT molecular complexity index is 560. The van der Waals surface area contributed by atoms with Crippen LogP contribution in [-0.4, -0.2) is 12.1 Å². The Morgan fingerprint density at radius 2 is 2.00 bits per heavy atom. The van der Waals surface area contributed by atoms with E-state index in [2.05, 4.69) is 10.3 Å². The Morgan fingerprint density at radius 3 is 2.60 bits per heavy atom. The summed E-state index contributed by atoms with van der Waals surface area (Å²) in [7, 11) is 1.53. The zero-order chi connectivity index (χ0) is 14.5. The molecule has 0 saturated carbocycles. The van der Waals surface area contributed by atoms with Gasteiger partial charge in [-0.1, -0.05) is 12.1 Å². The van der Waals surface area contributed by atoms with Crippen molar-refractivity contribution in [3.63, 3.8) is 0 Å². The maximum absolute atomic E-state index is 14.0. The van der Waals surface area contributed by atoms with Gasteiger partial charge in [0, 0.05) is 36.1 Å². The Morgan fingerprint density at radius 1 is 1.20 bits per heavy atom. The van der Waals surface area contributed by atoms with E-state index in [-0.39, 0.29) is 17.9 Å². The van der Waals surface area contributed by atoms with Crippen molar-refractivity contribution < 1.29 is 9.13 Å². The largest absolute Gasteiger partial charge is 0.497 e. The van der Waals surface area contributed by atoms with E-state index in [1.54, 1.807) is 18.3 Å². The topological polar surface area (TPSA) is 34.1 Å². The molecule has 0 radical (unpaired) electrons. The molecule has 1 aromatic heterocycles. The first kappa shape index (κ1) is 14.5. The Balaban J connectivity index is 2.10. The van der Waals surface area contributed by atoms with Gasteiger partial charge in [-0.05, 0) is 31.5 Å². The predicted octanol–water partition coefficient (Wildman–Crippen LogP) is 3.64. The Labute approximate surface area is 118 Å². The van der Waals surface area contributed by atoms with Gasteiger partial charge in [0.2, 0.25) is 0 Å². The van der Waals surface area contributed by atoms with Crippen LogP contribution < -0.4 is 10.1 Å². The minimum Gasteiger partial charge on any atom is -0.497 e. The van der Waals surface area contributed by atoms with Crippen LogP contribution in [0.25, 0.3) is 0 Å². The lowest BCUT2D eigenvalue weighted by Gasteiger charge is -2.21. The van der Waals surface area contributed by atoms with Crippen molar-refractivity contribution in [2.45, 2.75) is 25.9 Å². The summed E-state index contributed by atoms with van der Waals surface area (Å²) in [5.41, 5.74) is 1.70. The molecule has 0 aliphatic carbocycles.